The molecule has 0 aliphatic heterocycles. The van der Waals surface area contributed by atoms with Gasteiger partial charge in [0.05, 0.1) is 0 Å². The van der Waals surface area contributed by atoms with Gasteiger partial charge in [-0.25, -0.2) is 0 Å². The average molecular weight is 419 g/mol. The van der Waals surface area contributed by atoms with E-state index in [9.17, 15) is 0 Å². The predicted molar refractivity (Wildman–Crippen MR) is 132 cm³/mol. The van der Waals surface area contributed by atoms with Crippen LogP contribution in [0.3, 0.4) is 0 Å². The first-order valence-electron chi connectivity index (χ1n) is 13.5. The predicted octanol–water partition coefficient (Wildman–Crippen LogP) is 7.18. The number of hydrogen-bond donors (Lipinski definition) is 2. The van der Waals surface area contributed by atoms with Crippen LogP contribution < -0.4 is 10.6 Å². The molecule has 30 heavy (non-hydrogen) atoms. The Morgan fingerprint density at radius 1 is 0.500 bits per heavy atom. The molecular weight excluding hydrogens is 364 g/mol. The van der Waals surface area contributed by atoms with Crippen molar-refractivity contribution < 1.29 is 0 Å². The molecule has 2 heteroatoms. The van der Waals surface area contributed by atoms with Crippen LogP contribution in [0, 0.1) is 34.5 Å². The normalized spacial score (nSPS) is 41.6. The first kappa shape index (κ1) is 24.6. The van der Waals surface area contributed by atoms with E-state index < -0.39 is 0 Å². The van der Waals surface area contributed by atoms with Gasteiger partial charge in [-0.15, -0.1) is 0 Å². The Morgan fingerprint density at radius 2 is 0.867 bits per heavy atom. The first-order valence-corrected chi connectivity index (χ1v) is 13.5. The second kappa shape index (κ2) is 9.82. The zero-order valence-electron chi connectivity index (χ0n) is 21.7. The second-order valence-electron chi connectivity index (χ2n) is 13.8. The third-order valence-electron chi connectivity index (χ3n) is 9.41. The molecule has 176 valence electrons. The van der Waals surface area contributed by atoms with Crippen LogP contribution in [-0.4, -0.2) is 24.2 Å². The van der Waals surface area contributed by atoms with E-state index in [4.69, 9.17) is 0 Å². The van der Waals surface area contributed by atoms with Crippen LogP contribution in [0.4, 0.5) is 0 Å². The SMILES string of the molecule is CC1CC(C(C)(C)C)CCC1NC1CCCCC1NC1CCC(C(C)(C)C)CC1C. The maximum Gasteiger partial charge on any atom is 0.0224 e. The lowest BCUT2D eigenvalue weighted by atomic mass is 9.67. The molecular formula is C28H54N2. The molecule has 3 rings (SSSR count). The minimum atomic E-state index is 0.468. The third kappa shape index (κ3) is 6.25. The van der Waals surface area contributed by atoms with Crippen molar-refractivity contribution in [2.45, 2.75) is 144 Å². The summed E-state index contributed by atoms with van der Waals surface area (Å²) in [4.78, 5) is 0. The second-order valence-corrected chi connectivity index (χ2v) is 13.8. The van der Waals surface area contributed by atoms with Crippen molar-refractivity contribution >= 4 is 0 Å². The highest BCUT2D eigenvalue weighted by Gasteiger charge is 2.38. The molecule has 0 saturated heterocycles. The lowest BCUT2D eigenvalue weighted by Crippen LogP contribution is -2.58. The third-order valence-corrected chi connectivity index (χ3v) is 9.41. The van der Waals surface area contributed by atoms with Crippen LogP contribution in [0.1, 0.15) is 120 Å². The van der Waals surface area contributed by atoms with Gasteiger partial charge in [0.15, 0.2) is 0 Å². The van der Waals surface area contributed by atoms with E-state index in [1.54, 1.807) is 0 Å². The largest absolute Gasteiger partial charge is 0.309 e. The van der Waals surface area contributed by atoms with Gasteiger partial charge in [0.1, 0.15) is 0 Å². The molecule has 3 aliphatic carbocycles. The maximum atomic E-state index is 4.20. The summed E-state index contributed by atoms with van der Waals surface area (Å²) in [5, 5.41) is 8.41. The highest BCUT2D eigenvalue weighted by molar-refractivity contribution is 4.96. The highest BCUT2D eigenvalue weighted by atomic mass is 15.1. The van der Waals surface area contributed by atoms with Crippen LogP contribution in [0.15, 0.2) is 0 Å². The smallest absolute Gasteiger partial charge is 0.0224 e. The van der Waals surface area contributed by atoms with Crippen molar-refractivity contribution in [3.05, 3.63) is 0 Å². The molecule has 2 nitrogen and oxygen atoms in total. The summed E-state index contributed by atoms with van der Waals surface area (Å²) in [7, 11) is 0. The van der Waals surface area contributed by atoms with Gasteiger partial charge in [-0.05, 0) is 85.9 Å². The molecule has 0 aromatic rings. The van der Waals surface area contributed by atoms with Crippen molar-refractivity contribution in [3.8, 4) is 0 Å². The van der Waals surface area contributed by atoms with Crippen molar-refractivity contribution in [2.75, 3.05) is 0 Å². The molecule has 3 fully saturated rings. The summed E-state index contributed by atoms with van der Waals surface area (Å²) in [6.07, 6.45) is 13.9. The Balaban J connectivity index is 1.54. The lowest BCUT2D eigenvalue weighted by Gasteiger charge is -2.46. The topological polar surface area (TPSA) is 24.1 Å². The molecule has 0 aromatic carbocycles. The fourth-order valence-electron chi connectivity index (χ4n) is 6.94. The summed E-state index contributed by atoms with van der Waals surface area (Å²) < 4.78 is 0. The molecule has 0 aromatic heterocycles. The van der Waals surface area contributed by atoms with Gasteiger partial charge in [-0.2, -0.15) is 0 Å². The van der Waals surface area contributed by atoms with E-state index in [0.29, 0.717) is 22.9 Å². The molecule has 0 spiro atoms. The maximum absolute atomic E-state index is 4.20. The van der Waals surface area contributed by atoms with E-state index in [-0.39, 0.29) is 0 Å². The van der Waals surface area contributed by atoms with Gasteiger partial charge in [-0.1, -0.05) is 68.2 Å². The van der Waals surface area contributed by atoms with Crippen molar-refractivity contribution in [3.63, 3.8) is 0 Å². The zero-order valence-corrected chi connectivity index (χ0v) is 21.7. The summed E-state index contributed by atoms with van der Waals surface area (Å²) in [5.41, 5.74) is 0.937. The summed E-state index contributed by atoms with van der Waals surface area (Å²) in [6, 6.07) is 2.82. The number of rotatable bonds is 4. The van der Waals surface area contributed by atoms with E-state index in [0.717, 1.165) is 35.8 Å². The monoisotopic (exact) mass is 418 g/mol. The number of nitrogens with one attached hydrogen (secondary N) is 2. The van der Waals surface area contributed by atoms with Gasteiger partial charge in [0, 0.05) is 24.2 Å². The minimum Gasteiger partial charge on any atom is -0.309 e. The standard InChI is InChI=1S/C28H54N2/c1-19-17-21(27(3,4)5)13-15-23(19)29-25-11-9-10-12-26(25)30-24-16-14-22(18-20(24)2)28(6,7)8/h19-26,29-30H,9-18H2,1-8H3. The van der Waals surface area contributed by atoms with Gasteiger partial charge in [0.25, 0.3) is 0 Å². The molecule has 0 bridgehead atoms. The Morgan fingerprint density at radius 3 is 1.17 bits per heavy atom. The van der Waals surface area contributed by atoms with Gasteiger partial charge in [0.2, 0.25) is 0 Å². The molecule has 3 saturated carbocycles. The summed E-state index contributed by atoms with van der Waals surface area (Å²) >= 11 is 0. The Labute approximate surface area is 189 Å². The average Bonchev–Trinajstić information content (AvgIpc) is 2.64. The summed E-state index contributed by atoms with van der Waals surface area (Å²) in [5.74, 6) is 3.41. The van der Waals surface area contributed by atoms with Gasteiger partial charge >= 0.3 is 0 Å². The summed E-state index contributed by atoms with van der Waals surface area (Å²) in [6.45, 7) is 19.7. The Hall–Kier alpha value is -0.0800. The molecule has 2 N–H and O–H groups in total. The van der Waals surface area contributed by atoms with Crippen LogP contribution in [-0.2, 0) is 0 Å². The highest BCUT2D eigenvalue weighted by Crippen LogP contribution is 2.42. The van der Waals surface area contributed by atoms with E-state index in [1.165, 1.54) is 64.2 Å². The van der Waals surface area contributed by atoms with Gasteiger partial charge in [-0.3, -0.25) is 0 Å². The van der Waals surface area contributed by atoms with Crippen LogP contribution in [0.2, 0.25) is 0 Å². The Bertz CT molecular complexity index is 480. The van der Waals surface area contributed by atoms with Crippen LogP contribution in [0.25, 0.3) is 0 Å². The minimum absolute atomic E-state index is 0.468. The van der Waals surface area contributed by atoms with E-state index in [1.807, 2.05) is 0 Å². The first-order chi connectivity index (χ1) is 13.9. The van der Waals surface area contributed by atoms with Crippen molar-refractivity contribution in [2.24, 2.45) is 34.5 Å². The van der Waals surface area contributed by atoms with Crippen LogP contribution in [0.5, 0.6) is 0 Å². The molecule has 0 radical (unpaired) electrons. The van der Waals surface area contributed by atoms with Crippen LogP contribution >= 0.6 is 0 Å². The van der Waals surface area contributed by atoms with Crippen molar-refractivity contribution in [1.82, 2.24) is 10.6 Å². The molecule has 0 amide bonds. The molecule has 8 unspecified atom stereocenters. The van der Waals surface area contributed by atoms with Gasteiger partial charge < -0.3 is 10.6 Å². The molecule has 3 aliphatic rings. The van der Waals surface area contributed by atoms with E-state index >= 15 is 0 Å². The molecule has 0 heterocycles. The molecule has 8 atom stereocenters. The van der Waals surface area contributed by atoms with E-state index in [2.05, 4.69) is 66.0 Å². The fourth-order valence-corrected chi connectivity index (χ4v) is 6.94. The van der Waals surface area contributed by atoms with Crippen molar-refractivity contribution in [1.29, 1.82) is 0 Å². The quantitative estimate of drug-likeness (QED) is 0.505. The number of hydrogen-bond acceptors (Lipinski definition) is 2. The lowest BCUT2D eigenvalue weighted by molar-refractivity contribution is 0.0944. The zero-order chi connectivity index (χ0) is 22.1. The fraction of sp³-hybridized carbons (Fsp3) is 1.00. The Kier molecular flexibility index (Phi) is 8.04.